The topological polar surface area (TPSA) is 96.4 Å². The summed E-state index contributed by atoms with van der Waals surface area (Å²) in [4.78, 5) is 45.6. The summed E-state index contributed by atoms with van der Waals surface area (Å²) in [5, 5.41) is 11.3. The van der Waals surface area contributed by atoms with Crippen LogP contribution in [0.5, 0.6) is 0 Å². The summed E-state index contributed by atoms with van der Waals surface area (Å²) < 4.78 is 12.4. The highest BCUT2D eigenvalue weighted by Crippen LogP contribution is 2.58. The number of fused-ring (bicyclic) bond motifs is 3. The summed E-state index contributed by atoms with van der Waals surface area (Å²) in [6, 6.07) is 13.0. The number of aliphatic hydroxyl groups excluding tert-OH is 1. The lowest BCUT2D eigenvalue weighted by Crippen LogP contribution is -2.56. The Balaban J connectivity index is 1.42. The molecule has 0 aromatic heterocycles. The average Bonchev–Trinajstić information content (AvgIpc) is 3.24. The lowest BCUT2D eigenvalue weighted by Gasteiger charge is -2.38. The first-order valence-electron chi connectivity index (χ1n) is 14.4. The Morgan fingerprint density at radius 3 is 2.52 bits per heavy atom. The van der Waals surface area contributed by atoms with Crippen molar-refractivity contribution in [2.24, 2.45) is 11.8 Å². The number of ether oxygens (including phenoxy) is 2. The van der Waals surface area contributed by atoms with Crippen LogP contribution < -0.4 is 4.90 Å². The van der Waals surface area contributed by atoms with E-state index in [0.29, 0.717) is 32.4 Å². The molecule has 2 fully saturated rings. The van der Waals surface area contributed by atoms with Gasteiger partial charge in [-0.25, -0.2) is 0 Å². The van der Waals surface area contributed by atoms with Crippen molar-refractivity contribution in [1.29, 1.82) is 0 Å². The minimum Gasteiger partial charge on any atom is -0.461 e. The third-order valence-electron chi connectivity index (χ3n) is 9.05. The normalized spacial score (nSPS) is 31.1. The standard InChI is InChI=1S/C32H36N2O6/c1-2-31-15-10-20-39-30(38)26(31)25-28(36)34(17-7-3-4-8-19-35)27-29(37)33(18-9-16-32(25,27)40-31)24-14-13-22-11-5-6-12-23(22)21-24/h5-6,9-16,21,25-27,35H,2-4,7-8,17-20H2,1H3/t25-,26-,27?,31+,32-/m0/s1. The zero-order valence-corrected chi connectivity index (χ0v) is 22.8. The van der Waals surface area contributed by atoms with Crippen molar-refractivity contribution >= 4 is 34.2 Å². The van der Waals surface area contributed by atoms with E-state index >= 15 is 0 Å². The molecule has 8 heteroatoms. The number of anilines is 1. The van der Waals surface area contributed by atoms with Gasteiger partial charge in [0.1, 0.15) is 29.8 Å². The maximum atomic E-state index is 14.6. The van der Waals surface area contributed by atoms with Crippen LogP contribution in [0.2, 0.25) is 0 Å². The third-order valence-corrected chi connectivity index (χ3v) is 9.05. The van der Waals surface area contributed by atoms with Gasteiger partial charge in [0, 0.05) is 25.4 Å². The van der Waals surface area contributed by atoms with Crippen molar-refractivity contribution in [2.75, 3.05) is 31.2 Å². The van der Waals surface area contributed by atoms with E-state index in [4.69, 9.17) is 14.6 Å². The van der Waals surface area contributed by atoms with Crippen LogP contribution in [0.4, 0.5) is 5.69 Å². The first kappa shape index (κ1) is 26.7. The molecule has 0 aliphatic carbocycles. The van der Waals surface area contributed by atoms with E-state index < -0.39 is 35.0 Å². The quantitative estimate of drug-likeness (QED) is 0.309. The molecule has 8 nitrogen and oxygen atoms in total. The zero-order chi connectivity index (χ0) is 27.9. The molecule has 2 aromatic rings. The number of cyclic esters (lactones) is 1. The summed E-state index contributed by atoms with van der Waals surface area (Å²) >= 11 is 0. The second-order valence-electron chi connectivity index (χ2n) is 11.2. The monoisotopic (exact) mass is 544 g/mol. The molecule has 1 spiro atoms. The first-order valence-corrected chi connectivity index (χ1v) is 14.4. The van der Waals surface area contributed by atoms with E-state index in [9.17, 15) is 14.4 Å². The number of rotatable bonds is 8. The number of carbonyl (C=O) groups is 3. The molecule has 0 radical (unpaired) electrons. The number of amides is 2. The van der Waals surface area contributed by atoms with Crippen molar-refractivity contribution in [1.82, 2.24) is 4.90 Å². The lowest BCUT2D eigenvalue weighted by atomic mass is 9.73. The minimum atomic E-state index is -1.29. The molecule has 0 saturated carbocycles. The Kier molecular flexibility index (Phi) is 7.00. The van der Waals surface area contributed by atoms with Gasteiger partial charge in [0.25, 0.3) is 5.91 Å². The molecule has 1 unspecified atom stereocenters. The van der Waals surface area contributed by atoms with Crippen LogP contribution in [0, 0.1) is 11.8 Å². The van der Waals surface area contributed by atoms with Crippen molar-refractivity contribution in [2.45, 2.75) is 56.3 Å². The smallest absolute Gasteiger partial charge is 0.313 e. The van der Waals surface area contributed by atoms with E-state index in [1.807, 2.05) is 67.6 Å². The van der Waals surface area contributed by atoms with Crippen LogP contribution >= 0.6 is 0 Å². The number of likely N-dealkylation sites (tertiary alicyclic amines) is 1. The summed E-state index contributed by atoms with van der Waals surface area (Å²) in [6.45, 7) is 2.91. The number of hydrogen-bond donors (Lipinski definition) is 1. The second-order valence-corrected chi connectivity index (χ2v) is 11.2. The van der Waals surface area contributed by atoms with Gasteiger partial charge in [-0.05, 0) is 48.2 Å². The fraction of sp³-hybridized carbons (Fsp3) is 0.469. The van der Waals surface area contributed by atoms with Crippen LogP contribution in [-0.2, 0) is 23.9 Å². The fourth-order valence-corrected chi connectivity index (χ4v) is 7.16. The number of carbonyl (C=O) groups excluding carboxylic acids is 3. The highest BCUT2D eigenvalue weighted by molar-refractivity contribution is 6.06. The largest absolute Gasteiger partial charge is 0.461 e. The SMILES string of the molecule is CC[C@@]12C=CCOC(=O)[C@@H]1[C@H]1C(=O)N(CCCCCCO)C3C(=O)N(c4ccc5ccccc5c4)CC=C[C@@]31O2. The molecule has 6 rings (SSSR count). The van der Waals surface area contributed by atoms with Crippen LogP contribution in [0.1, 0.15) is 39.0 Å². The van der Waals surface area contributed by atoms with Gasteiger partial charge in [-0.15, -0.1) is 0 Å². The number of benzene rings is 2. The van der Waals surface area contributed by atoms with E-state index in [0.717, 1.165) is 29.3 Å². The lowest BCUT2D eigenvalue weighted by molar-refractivity contribution is -0.157. The molecule has 2 aromatic carbocycles. The minimum absolute atomic E-state index is 0.130. The van der Waals surface area contributed by atoms with Gasteiger partial charge in [-0.2, -0.15) is 0 Å². The van der Waals surface area contributed by atoms with E-state index in [2.05, 4.69) is 0 Å². The van der Waals surface area contributed by atoms with Crippen LogP contribution in [0.25, 0.3) is 10.8 Å². The molecule has 2 amide bonds. The summed E-state index contributed by atoms with van der Waals surface area (Å²) in [5.41, 5.74) is -1.56. The van der Waals surface area contributed by atoms with Gasteiger partial charge in [0.2, 0.25) is 5.91 Å². The molecule has 5 atom stereocenters. The van der Waals surface area contributed by atoms with Gasteiger partial charge in [0.05, 0.1) is 5.92 Å². The van der Waals surface area contributed by atoms with Crippen molar-refractivity contribution < 1.29 is 29.0 Å². The Labute approximate surface area is 234 Å². The third kappa shape index (κ3) is 4.08. The molecular weight excluding hydrogens is 508 g/mol. The van der Waals surface area contributed by atoms with Crippen molar-refractivity contribution in [3.63, 3.8) is 0 Å². The number of esters is 1. The molecule has 210 valence electrons. The highest BCUT2D eigenvalue weighted by atomic mass is 16.6. The van der Waals surface area contributed by atoms with Crippen LogP contribution in [0.15, 0.2) is 66.8 Å². The zero-order valence-electron chi connectivity index (χ0n) is 22.8. The number of hydrogen-bond acceptors (Lipinski definition) is 6. The van der Waals surface area contributed by atoms with Gasteiger partial charge in [-0.1, -0.05) is 68.3 Å². The summed E-state index contributed by atoms with van der Waals surface area (Å²) in [6.07, 6.45) is 10.9. The molecule has 4 heterocycles. The van der Waals surface area contributed by atoms with E-state index in [-0.39, 0.29) is 25.0 Å². The van der Waals surface area contributed by atoms with Crippen LogP contribution in [-0.4, -0.2) is 71.3 Å². The molecule has 40 heavy (non-hydrogen) atoms. The van der Waals surface area contributed by atoms with Crippen LogP contribution in [0.3, 0.4) is 0 Å². The second kappa shape index (κ2) is 10.5. The highest BCUT2D eigenvalue weighted by Gasteiger charge is 2.75. The number of unbranched alkanes of at least 4 members (excludes halogenated alkanes) is 3. The molecule has 1 N–H and O–H groups in total. The Hall–Kier alpha value is -3.49. The fourth-order valence-electron chi connectivity index (χ4n) is 7.16. The van der Waals surface area contributed by atoms with Gasteiger partial charge in [0.15, 0.2) is 0 Å². The van der Waals surface area contributed by atoms with E-state index in [1.54, 1.807) is 15.9 Å². The van der Waals surface area contributed by atoms with Gasteiger partial charge < -0.3 is 24.4 Å². The predicted molar refractivity (Wildman–Crippen MR) is 150 cm³/mol. The first-order chi connectivity index (χ1) is 19.5. The van der Waals surface area contributed by atoms with E-state index in [1.165, 1.54) is 0 Å². The molecular formula is C32H36N2O6. The van der Waals surface area contributed by atoms with Crippen molar-refractivity contribution in [3.05, 3.63) is 66.8 Å². The Morgan fingerprint density at radius 1 is 0.925 bits per heavy atom. The maximum absolute atomic E-state index is 14.6. The summed E-state index contributed by atoms with van der Waals surface area (Å²) in [5.74, 6) is -2.61. The summed E-state index contributed by atoms with van der Waals surface area (Å²) in [7, 11) is 0. The number of nitrogens with zero attached hydrogens (tertiary/aromatic N) is 2. The van der Waals surface area contributed by atoms with Gasteiger partial charge >= 0.3 is 5.97 Å². The molecule has 0 bridgehead atoms. The number of aliphatic hydroxyl groups is 1. The Morgan fingerprint density at radius 2 is 1.73 bits per heavy atom. The van der Waals surface area contributed by atoms with Crippen molar-refractivity contribution in [3.8, 4) is 0 Å². The van der Waals surface area contributed by atoms with Gasteiger partial charge in [-0.3, -0.25) is 14.4 Å². The predicted octanol–water partition coefficient (Wildman–Crippen LogP) is 3.77. The molecule has 4 aliphatic rings. The molecule has 2 saturated heterocycles. The average molecular weight is 545 g/mol. The Bertz CT molecular complexity index is 1390. The molecule has 4 aliphatic heterocycles. The maximum Gasteiger partial charge on any atom is 0.313 e.